The summed E-state index contributed by atoms with van der Waals surface area (Å²) in [6, 6.07) is 8.23. The number of hydrogen-bond donors (Lipinski definition) is 1. The molecule has 2 rings (SSSR count). The molecular weight excluding hydrogens is 276 g/mol. The number of carbonyl (C=O) groups excluding carboxylic acids is 1. The molecule has 1 aromatic rings. The van der Waals surface area contributed by atoms with Gasteiger partial charge in [0.25, 0.3) is 0 Å². The van der Waals surface area contributed by atoms with Crippen LogP contribution >= 0.6 is 0 Å². The minimum atomic E-state index is -0.132. The van der Waals surface area contributed by atoms with Gasteiger partial charge in [-0.05, 0) is 18.9 Å². The molecule has 0 fully saturated rings. The summed E-state index contributed by atoms with van der Waals surface area (Å²) in [5.41, 5.74) is 3.23. The third-order valence-electron chi connectivity index (χ3n) is 3.88. The molecule has 22 heavy (non-hydrogen) atoms. The van der Waals surface area contributed by atoms with Crippen LogP contribution in [0.2, 0.25) is 0 Å². The Kier molecular flexibility index (Phi) is 6.44. The van der Waals surface area contributed by atoms with Crippen LogP contribution in [0.25, 0.3) is 0 Å². The highest BCUT2D eigenvalue weighted by Crippen LogP contribution is 2.19. The Labute approximate surface area is 135 Å². The number of carbonyl (C=O) groups is 1. The Hall–Kier alpha value is -1.84. The lowest BCUT2D eigenvalue weighted by molar-refractivity contribution is -0.123. The smallest absolute Gasteiger partial charge is 0.223 e. The summed E-state index contributed by atoms with van der Waals surface area (Å²) < 4.78 is 0. The second-order valence-electron chi connectivity index (χ2n) is 5.95. The largest absolute Gasteiger partial charge is 0.391 e. The molecule has 1 atom stereocenters. The number of hydrogen-bond acceptors (Lipinski definition) is 3. The number of nitrogens with zero attached hydrogens (tertiary/aromatic N) is 1. The van der Waals surface area contributed by atoms with Crippen molar-refractivity contribution in [2.75, 3.05) is 6.54 Å². The molecular formula is C18H30N2O2. The van der Waals surface area contributed by atoms with E-state index in [9.17, 15) is 4.79 Å². The molecule has 0 radical (unpaired) electrons. The van der Waals surface area contributed by atoms with E-state index in [1.807, 2.05) is 12.1 Å². The van der Waals surface area contributed by atoms with E-state index in [1.54, 1.807) is 0 Å². The van der Waals surface area contributed by atoms with Crippen molar-refractivity contribution in [2.45, 2.75) is 58.5 Å². The maximum atomic E-state index is 11.9. The molecule has 0 aliphatic carbocycles. The normalized spacial score (nSPS) is 17.0. The molecule has 4 heteroatoms. The van der Waals surface area contributed by atoms with Gasteiger partial charge in [0.2, 0.25) is 5.91 Å². The van der Waals surface area contributed by atoms with Gasteiger partial charge in [0.05, 0.1) is 12.1 Å². The van der Waals surface area contributed by atoms with Crippen molar-refractivity contribution >= 4 is 11.6 Å². The lowest BCUT2D eigenvalue weighted by Gasteiger charge is -2.09. The van der Waals surface area contributed by atoms with Crippen molar-refractivity contribution in [3.05, 3.63) is 35.4 Å². The van der Waals surface area contributed by atoms with E-state index in [1.165, 1.54) is 24.8 Å². The predicted octanol–water partition coefficient (Wildman–Crippen LogP) is 4.07. The van der Waals surface area contributed by atoms with Gasteiger partial charge in [0, 0.05) is 15.8 Å². The summed E-state index contributed by atoms with van der Waals surface area (Å²) in [5.74, 6) is 0.0573. The lowest BCUT2D eigenvalue weighted by Crippen LogP contribution is -2.28. The van der Waals surface area contributed by atoms with Crippen molar-refractivity contribution in [3.63, 3.8) is 0 Å². The summed E-state index contributed by atoms with van der Waals surface area (Å²) in [7, 11) is 0. The molecule has 1 aromatic carbocycles. The molecule has 0 saturated heterocycles. The number of unbranched alkanes of at least 4 members (excludes halogenated alkanes) is 3. The fraction of sp³-hybridized carbons (Fsp3) is 0.556. The van der Waals surface area contributed by atoms with Gasteiger partial charge < -0.3 is 10.2 Å². The van der Waals surface area contributed by atoms with Gasteiger partial charge in [-0.15, -0.1) is 0 Å². The van der Waals surface area contributed by atoms with Crippen molar-refractivity contribution < 1.29 is 12.5 Å². The summed E-state index contributed by atoms with van der Waals surface area (Å²) in [6.45, 7) is 5.00. The zero-order chi connectivity index (χ0) is 15.8. The number of oxime groups is 1. The maximum Gasteiger partial charge on any atom is 0.223 e. The molecule has 1 unspecified atom stereocenters. The van der Waals surface area contributed by atoms with E-state index < -0.39 is 0 Å². The fourth-order valence-electron chi connectivity index (χ4n) is 2.51. The quantitative estimate of drug-likeness (QED) is 0.736. The summed E-state index contributed by atoms with van der Waals surface area (Å²) in [4.78, 5) is 17.3. The van der Waals surface area contributed by atoms with Crippen LogP contribution in [-0.4, -0.2) is 24.3 Å². The molecule has 4 nitrogen and oxygen atoms in total. The molecule has 124 valence electrons. The molecule has 1 N–H and O–H groups in total. The first-order valence-corrected chi connectivity index (χ1v) is 8.25. The van der Waals surface area contributed by atoms with Crippen LogP contribution in [0.5, 0.6) is 0 Å². The van der Waals surface area contributed by atoms with Crippen LogP contribution in [0.15, 0.2) is 29.4 Å². The van der Waals surface area contributed by atoms with E-state index in [0.29, 0.717) is 12.8 Å². The Morgan fingerprint density at radius 1 is 1.32 bits per heavy atom. The lowest BCUT2D eigenvalue weighted by atomic mass is 10.0. The third-order valence-corrected chi connectivity index (χ3v) is 3.88. The van der Waals surface area contributed by atoms with Crippen LogP contribution in [0.4, 0.5) is 0 Å². The third kappa shape index (κ3) is 5.17. The van der Waals surface area contributed by atoms with Gasteiger partial charge in [0.15, 0.2) is 0 Å². The molecule has 0 aromatic heterocycles. The fourth-order valence-corrected chi connectivity index (χ4v) is 2.51. The van der Waals surface area contributed by atoms with Crippen molar-refractivity contribution in [1.29, 1.82) is 0 Å². The van der Waals surface area contributed by atoms with E-state index in [4.69, 9.17) is 4.84 Å². The van der Waals surface area contributed by atoms with E-state index in [0.717, 1.165) is 24.2 Å². The van der Waals surface area contributed by atoms with Crippen molar-refractivity contribution in [1.82, 2.24) is 5.32 Å². The molecule has 0 saturated carbocycles. The average molecular weight is 306 g/mol. The Morgan fingerprint density at radius 2 is 2.09 bits per heavy atom. The monoisotopic (exact) mass is 306 g/mol. The van der Waals surface area contributed by atoms with E-state index >= 15 is 0 Å². The number of amides is 1. The maximum absolute atomic E-state index is 11.9. The standard InChI is InChI=1S/C18H26N2O2.2H2/c1-3-4-5-6-11-19-18(21)13-16-12-17(20-22-16)15-9-7-14(2)8-10-15;;/h7-10,16H,3-6,11-13H2,1-2H3,(H,19,21);2*1H. The van der Waals surface area contributed by atoms with Crippen molar-refractivity contribution in [3.8, 4) is 0 Å². The van der Waals surface area contributed by atoms with Crippen LogP contribution in [0.1, 0.15) is 59.4 Å². The van der Waals surface area contributed by atoms with Crippen LogP contribution < -0.4 is 5.32 Å². The van der Waals surface area contributed by atoms with Gasteiger partial charge in [-0.1, -0.05) is 61.2 Å². The first-order valence-electron chi connectivity index (χ1n) is 8.25. The summed E-state index contributed by atoms with van der Waals surface area (Å²) in [6.07, 6.45) is 5.62. The molecule has 1 aliphatic rings. The van der Waals surface area contributed by atoms with Gasteiger partial charge >= 0.3 is 0 Å². The first kappa shape index (κ1) is 16.5. The Balaban J connectivity index is 0.00000264. The minimum Gasteiger partial charge on any atom is -0.391 e. The van der Waals surface area contributed by atoms with Crippen molar-refractivity contribution in [2.24, 2.45) is 5.16 Å². The highest BCUT2D eigenvalue weighted by atomic mass is 16.6. The molecule has 1 heterocycles. The van der Waals surface area contributed by atoms with Gasteiger partial charge in [0.1, 0.15) is 6.10 Å². The van der Waals surface area contributed by atoms with E-state index in [-0.39, 0.29) is 14.9 Å². The molecule has 0 bridgehead atoms. The van der Waals surface area contributed by atoms with Crippen LogP contribution in [0.3, 0.4) is 0 Å². The van der Waals surface area contributed by atoms with Crippen LogP contribution in [0, 0.1) is 6.92 Å². The number of nitrogens with one attached hydrogen (secondary N) is 1. The zero-order valence-corrected chi connectivity index (χ0v) is 13.6. The van der Waals surface area contributed by atoms with Gasteiger partial charge in [-0.25, -0.2) is 0 Å². The number of benzene rings is 1. The highest BCUT2D eigenvalue weighted by molar-refractivity contribution is 6.01. The Bertz CT molecular complexity index is 518. The SMILES string of the molecule is CCCCCCNC(=O)CC1CC(c2ccc(C)cc2)=NO1.[HH].[HH]. The van der Waals surface area contributed by atoms with Gasteiger partial charge in [-0.2, -0.15) is 0 Å². The summed E-state index contributed by atoms with van der Waals surface area (Å²) >= 11 is 0. The number of aryl methyl sites for hydroxylation is 1. The molecule has 1 aliphatic heterocycles. The first-order chi connectivity index (χ1) is 10.7. The minimum absolute atomic E-state index is 0. The second kappa shape index (κ2) is 8.57. The van der Waals surface area contributed by atoms with E-state index in [2.05, 4.69) is 36.5 Å². The highest BCUT2D eigenvalue weighted by Gasteiger charge is 2.24. The molecule has 1 amide bonds. The van der Waals surface area contributed by atoms with Crippen LogP contribution in [-0.2, 0) is 9.63 Å². The number of rotatable bonds is 8. The Morgan fingerprint density at radius 3 is 2.82 bits per heavy atom. The molecule has 0 spiro atoms. The predicted molar refractivity (Wildman–Crippen MR) is 93.2 cm³/mol. The van der Waals surface area contributed by atoms with Gasteiger partial charge in [-0.3, -0.25) is 4.79 Å². The summed E-state index contributed by atoms with van der Waals surface area (Å²) in [5, 5.41) is 7.09. The second-order valence-corrected chi connectivity index (χ2v) is 5.95. The average Bonchev–Trinajstić information content (AvgIpc) is 2.96. The topological polar surface area (TPSA) is 50.7 Å². The zero-order valence-electron chi connectivity index (χ0n) is 13.6.